The Kier molecular flexibility index (Phi) is 3.61. The molecule has 2 aromatic rings. The number of hydrogen-bond donors (Lipinski definition) is 2. The molecule has 6 heteroatoms. The van der Waals surface area contributed by atoms with Crippen molar-refractivity contribution in [2.24, 2.45) is 7.05 Å². The number of nitrogens with one attached hydrogen (secondary N) is 1. The fraction of sp³-hybridized carbons (Fsp3) is 0.154. The van der Waals surface area contributed by atoms with E-state index < -0.39 is 5.97 Å². The van der Waals surface area contributed by atoms with E-state index in [2.05, 4.69) is 10.3 Å². The Bertz CT molecular complexity index is 619. The molecule has 0 saturated heterocycles. The number of aromatic nitrogens is 2. The van der Waals surface area contributed by atoms with Gasteiger partial charge in [-0.2, -0.15) is 0 Å². The first-order valence-corrected chi connectivity index (χ1v) is 5.65. The van der Waals surface area contributed by atoms with Gasteiger partial charge in [0.05, 0.1) is 12.1 Å². The van der Waals surface area contributed by atoms with Gasteiger partial charge in [0.25, 0.3) is 5.91 Å². The number of hydrogen-bond acceptors (Lipinski definition) is 3. The second-order valence-electron chi connectivity index (χ2n) is 4.02. The zero-order chi connectivity index (χ0) is 13.8. The number of carboxylic acids is 1. The van der Waals surface area contributed by atoms with Crippen molar-refractivity contribution in [2.45, 2.75) is 6.54 Å². The number of carbonyl (C=O) groups excluding carboxylic acids is 1. The molecule has 19 heavy (non-hydrogen) atoms. The van der Waals surface area contributed by atoms with Crippen LogP contribution >= 0.6 is 0 Å². The molecule has 0 bridgehead atoms. The lowest BCUT2D eigenvalue weighted by atomic mass is 10.1. The third-order valence-corrected chi connectivity index (χ3v) is 2.70. The maximum absolute atomic E-state index is 11.9. The van der Waals surface area contributed by atoms with E-state index in [1.807, 2.05) is 7.05 Å². The van der Waals surface area contributed by atoms with Crippen LogP contribution in [0.5, 0.6) is 0 Å². The van der Waals surface area contributed by atoms with Crippen molar-refractivity contribution in [1.29, 1.82) is 0 Å². The molecule has 0 spiro atoms. The SMILES string of the molecule is Cn1ccnc1CNC(=O)c1cccc(C(=O)O)c1. The van der Waals surface area contributed by atoms with Gasteiger partial charge < -0.3 is 15.0 Å². The first-order chi connectivity index (χ1) is 9.08. The second-order valence-corrected chi connectivity index (χ2v) is 4.02. The van der Waals surface area contributed by atoms with Crippen molar-refractivity contribution in [1.82, 2.24) is 14.9 Å². The van der Waals surface area contributed by atoms with Crippen LogP contribution in [0.15, 0.2) is 36.7 Å². The van der Waals surface area contributed by atoms with Crippen molar-refractivity contribution in [3.8, 4) is 0 Å². The molecule has 6 nitrogen and oxygen atoms in total. The van der Waals surface area contributed by atoms with Crippen molar-refractivity contribution in [3.63, 3.8) is 0 Å². The predicted molar refractivity (Wildman–Crippen MR) is 67.8 cm³/mol. The molecule has 0 aliphatic rings. The van der Waals surface area contributed by atoms with Crippen LogP contribution < -0.4 is 5.32 Å². The lowest BCUT2D eigenvalue weighted by Gasteiger charge is -2.06. The van der Waals surface area contributed by atoms with Gasteiger partial charge in [0, 0.05) is 25.0 Å². The van der Waals surface area contributed by atoms with Gasteiger partial charge in [-0.3, -0.25) is 4.79 Å². The van der Waals surface area contributed by atoms with Gasteiger partial charge in [-0.25, -0.2) is 9.78 Å². The van der Waals surface area contributed by atoms with Crippen LogP contribution in [0.25, 0.3) is 0 Å². The largest absolute Gasteiger partial charge is 0.478 e. The van der Waals surface area contributed by atoms with Crippen LogP contribution in [0, 0.1) is 0 Å². The summed E-state index contributed by atoms with van der Waals surface area (Å²) in [5.41, 5.74) is 0.402. The number of benzene rings is 1. The molecule has 0 saturated carbocycles. The quantitative estimate of drug-likeness (QED) is 0.859. The van der Waals surface area contributed by atoms with Crippen LogP contribution in [-0.2, 0) is 13.6 Å². The minimum absolute atomic E-state index is 0.0876. The summed E-state index contributed by atoms with van der Waals surface area (Å²) < 4.78 is 1.80. The lowest BCUT2D eigenvalue weighted by Crippen LogP contribution is -2.24. The summed E-state index contributed by atoms with van der Waals surface area (Å²) in [4.78, 5) is 26.8. The summed E-state index contributed by atoms with van der Waals surface area (Å²) in [6, 6.07) is 5.90. The number of nitrogens with zero attached hydrogens (tertiary/aromatic N) is 2. The average Bonchev–Trinajstić information content (AvgIpc) is 2.81. The number of amides is 1. The maximum Gasteiger partial charge on any atom is 0.335 e. The highest BCUT2D eigenvalue weighted by Gasteiger charge is 2.10. The average molecular weight is 259 g/mol. The number of carboxylic acid groups (broad SMARTS) is 1. The van der Waals surface area contributed by atoms with Crippen LogP contribution in [-0.4, -0.2) is 26.5 Å². The number of rotatable bonds is 4. The van der Waals surface area contributed by atoms with Crippen molar-refractivity contribution >= 4 is 11.9 Å². The van der Waals surface area contributed by atoms with E-state index in [1.54, 1.807) is 29.1 Å². The highest BCUT2D eigenvalue weighted by atomic mass is 16.4. The Morgan fingerprint density at radius 1 is 1.37 bits per heavy atom. The molecule has 1 aromatic carbocycles. The molecule has 98 valence electrons. The molecular formula is C13H13N3O3. The van der Waals surface area contributed by atoms with E-state index in [4.69, 9.17) is 5.11 Å². The normalized spacial score (nSPS) is 10.2. The van der Waals surface area contributed by atoms with Gasteiger partial charge in [-0.1, -0.05) is 6.07 Å². The van der Waals surface area contributed by atoms with E-state index in [9.17, 15) is 9.59 Å². The Hall–Kier alpha value is -2.63. The summed E-state index contributed by atoms with van der Waals surface area (Å²) in [6.07, 6.45) is 3.43. The summed E-state index contributed by atoms with van der Waals surface area (Å²) in [6.45, 7) is 0.291. The van der Waals surface area contributed by atoms with E-state index in [0.29, 0.717) is 12.1 Å². The standard InChI is InChI=1S/C13H13N3O3/c1-16-6-5-14-11(16)8-15-12(17)9-3-2-4-10(7-9)13(18)19/h2-7H,8H2,1H3,(H,15,17)(H,18,19). The molecule has 0 unspecified atom stereocenters. The van der Waals surface area contributed by atoms with E-state index in [-0.39, 0.29) is 11.5 Å². The fourth-order valence-electron chi connectivity index (χ4n) is 1.62. The number of carbonyl (C=O) groups is 2. The predicted octanol–water partition coefficient (Wildman–Crippen LogP) is 1.05. The highest BCUT2D eigenvalue weighted by Crippen LogP contribution is 2.05. The van der Waals surface area contributed by atoms with Crippen molar-refractivity contribution in [3.05, 3.63) is 53.6 Å². The maximum atomic E-state index is 11.9. The molecular weight excluding hydrogens is 246 g/mol. The zero-order valence-electron chi connectivity index (χ0n) is 10.3. The van der Waals surface area contributed by atoms with Crippen LogP contribution in [0.1, 0.15) is 26.5 Å². The van der Waals surface area contributed by atoms with Gasteiger partial charge >= 0.3 is 5.97 Å². The Morgan fingerprint density at radius 3 is 2.74 bits per heavy atom. The third-order valence-electron chi connectivity index (χ3n) is 2.70. The molecule has 1 aromatic heterocycles. The molecule has 0 aliphatic heterocycles. The van der Waals surface area contributed by atoms with Crippen molar-refractivity contribution < 1.29 is 14.7 Å². The first kappa shape index (κ1) is 12.8. The van der Waals surface area contributed by atoms with E-state index >= 15 is 0 Å². The second kappa shape index (κ2) is 5.34. The van der Waals surface area contributed by atoms with E-state index in [1.165, 1.54) is 12.1 Å². The summed E-state index contributed by atoms with van der Waals surface area (Å²) in [5, 5.41) is 11.6. The van der Waals surface area contributed by atoms with Gasteiger partial charge in [0.1, 0.15) is 5.82 Å². The highest BCUT2D eigenvalue weighted by molar-refractivity contribution is 5.97. The molecule has 1 amide bonds. The van der Waals surface area contributed by atoms with Gasteiger partial charge in [0.2, 0.25) is 0 Å². The van der Waals surface area contributed by atoms with Gasteiger partial charge in [0.15, 0.2) is 0 Å². The molecule has 2 rings (SSSR count). The molecule has 0 atom stereocenters. The first-order valence-electron chi connectivity index (χ1n) is 5.65. The number of aryl methyl sites for hydroxylation is 1. The van der Waals surface area contributed by atoms with Crippen LogP contribution in [0.3, 0.4) is 0 Å². The van der Waals surface area contributed by atoms with Gasteiger partial charge in [-0.05, 0) is 18.2 Å². The number of imidazole rings is 1. The summed E-state index contributed by atoms with van der Waals surface area (Å²) in [7, 11) is 1.83. The topological polar surface area (TPSA) is 84.2 Å². The monoisotopic (exact) mass is 259 g/mol. The van der Waals surface area contributed by atoms with E-state index in [0.717, 1.165) is 5.82 Å². The lowest BCUT2D eigenvalue weighted by molar-refractivity contribution is 0.0697. The summed E-state index contributed by atoms with van der Waals surface area (Å²) in [5.74, 6) is -0.660. The zero-order valence-corrected chi connectivity index (χ0v) is 10.3. The molecule has 1 heterocycles. The molecule has 0 aliphatic carbocycles. The van der Waals surface area contributed by atoms with Crippen LogP contribution in [0.2, 0.25) is 0 Å². The molecule has 0 fully saturated rings. The van der Waals surface area contributed by atoms with Crippen LogP contribution in [0.4, 0.5) is 0 Å². The molecule has 2 N–H and O–H groups in total. The molecule has 0 radical (unpaired) electrons. The Balaban J connectivity index is 2.06. The van der Waals surface area contributed by atoms with Gasteiger partial charge in [-0.15, -0.1) is 0 Å². The van der Waals surface area contributed by atoms with Crippen molar-refractivity contribution in [2.75, 3.05) is 0 Å². The number of aromatic carboxylic acids is 1. The minimum atomic E-state index is -1.06. The minimum Gasteiger partial charge on any atom is -0.478 e. The smallest absolute Gasteiger partial charge is 0.335 e. The third kappa shape index (κ3) is 2.98. The Morgan fingerprint density at radius 2 is 2.11 bits per heavy atom. The summed E-state index contributed by atoms with van der Waals surface area (Å²) >= 11 is 0. The Labute approximate surface area is 109 Å². The fourth-order valence-corrected chi connectivity index (χ4v) is 1.62.